The van der Waals surface area contributed by atoms with Gasteiger partial charge < -0.3 is 4.74 Å². The topological polar surface area (TPSA) is 39.2 Å². The zero-order chi connectivity index (χ0) is 14.0. The van der Waals surface area contributed by atoms with Crippen molar-refractivity contribution >= 4 is 29.2 Å². The summed E-state index contributed by atoms with van der Waals surface area (Å²) in [5.41, 5.74) is 1.33. The van der Waals surface area contributed by atoms with Gasteiger partial charge in [-0.3, -0.25) is 4.79 Å². The Bertz CT molecular complexity index is 584. The number of carbonyl (C=O) groups excluding carboxylic acids is 1. The number of rotatable bonds is 3. The van der Waals surface area contributed by atoms with Crippen LogP contribution in [0.4, 0.5) is 0 Å². The minimum Gasteiger partial charge on any atom is -0.431 e. The smallest absolute Gasteiger partial charge is 0.280 e. The molecule has 0 saturated carbocycles. The van der Waals surface area contributed by atoms with E-state index in [-0.39, 0.29) is 10.6 Å². The lowest BCUT2D eigenvalue weighted by Crippen LogP contribution is -2.10. The first-order chi connectivity index (χ1) is 8.90. The summed E-state index contributed by atoms with van der Waals surface area (Å²) in [6, 6.07) is 7.81. The van der Waals surface area contributed by atoms with E-state index in [0.717, 1.165) is 11.3 Å². The number of aromatic nitrogens is 1. The van der Waals surface area contributed by atoms with Gasteiger partial charge in [-0.25, -0.2) is 0 Å². The fraction of sp³-hybridized carbons (Fsp3) is 0.286. The van der Waals surface area contributed by atoms with E-state index in [1.807, 2.05) is 24.3 Å². The molecule has 0 aliphatic rings. The summed E-state index contributed by atoms with van der Waals surface area (Å²) < 4.78 is 5.57. The van der Waals surface area contributed by atoms with E-state index in [4.69, 9.17) is 16.3 Å². The van der Waals surface area contributed by atoms with Crippen LogP contribution in [0.15, 0.2) is 24.3 Å². The molecule has 19 heavy (non-hydrogen) atoms. The highest BCUT2D eigenvalue weighted by Gasteiger charge is 2.14. The summed E-state index contributed by atoms with van der Waals surface area (Å²) in [5, 5.41) is 0.553. The molecule has 0 radical (unpaired) electrons. The van der Waals surface area contributed by atoms with E-state index in [1.165, 1.54) is 5.56 Å². The Balaban J connectivity index is 2.17. The first-order valence-electron chi connectivity index (χ1n) is 5.80. The molecule has 0 atom stereocenters. The molecule has 0 bridgehead atoms. The van der Waals surface area contributed by atoms with Gasteiger partial charge in [-0.05, 0) is 23.1 Å². The Morgan fingerprint density at radius 2 is 1.89 bits per heavy atom. The summed E-state index contributed by atoms with van der Waals surface area (Å²) in [6.07, 6.45) is 0.676. The summed E-state index contributed by atoms with van der Waals surface area (Å²) >= 11 is 6.92. The van der Waals surface area contributed by atoms with Gasteiger partial charge in [0, 0.05) is 0 Å². The highest BCUT2D eigenvalue weighted by Crippen LogP contribution is 2.32. The van der Waals surface area contributed by atoms with Crippen molar-refractivity contribution in [1.82, 2.24) is 4.98 Å². The quantitative estimate of drug-likeness (QED) is 0.771. The van der Waals surface area contributed by atoms with Crippen molar-refractivity contribution < 1.29 is 9.53 Å². The Kier molecular flexibility index (Phi) is 3.92. The van der Waals surface area contributed by atoms with Gasteiger partial charge >= 0.3 is 0 Å². The number of aldehydes is 1. The van der Waals surface area contributed by atoms with E-state index in [1.54, 1.807) is 0 Å². The molecule has 2 aromatic rings. The lowest BCUT2D eigenvalue weighted by atomic mass is 9.87. The largest absolute Gasteiger partial charge is 0.431 e. The fourth-order valence-electron chi connectivity index (χ4n) is 1.53. The number of hydrogen-bond donors (Lipinski definition) is 0. The molecule has 0 N–H and O–H groups in total. The van der Waals surface area contributed by atoms with Crippen molar-refractivity contribution in [2.45, 2.75) is 26.2 Å². The second-order valence-electron chi connectivity index (χ2n) is 5.13. The predicted molar refractivity (Wildman–Crippen MR) is 77.7 cm³/mol. The first-order valence-corrected chi connectivity index (χ1v) is 6.99. The van der Waals surface area contributed by atoms with Crippen LogP contribution in [0.2, 0.25) is 5.15 Å². The Hall–Kier alpha value is -1.39. The van der Waals surface area contributed by atoms with Crippen molar-refractivity contribution in [3.63, 3.8) is 0 Å². The number of thiazole rings is 1. The monoisotopic (exact) mass is 295 g/mol. The van der Waals surface area contributed by atoms with Gasteiger partial charge in [0.2, 0.25) is 0 Å². The summed E-state index contributed by atoms with van der Waals surface area (Å²) in [6.45, 7) is 6.46. The van der Waals surface area contributed by atoms with Crippen LogP contribution in [-0.2, 0) is 5.41 Å². The molecule has 0 spiro atoms. The van der Waals surface area contributed by atoms with Crippen LogP contribution >= 0.6 is 22.9 Å². The second kappa shape index (κ2) is 5.31. The molecule has 1 heterocycles. The Morgan fingerprint density at radius 1 is 1.26 bits per heavy atom. The predicted octanol–water partition coefficient (Wildman–Crippen LogP) is 4.70. The highest BCUT2D eigenvalue weighted by molar-refractivity contribution is 7.15. The van der Waals surface area contributed by atoms with E-state index in [0.29, 0.717) is 22.1 Å². The average molecular weight is 296 g/mol. The van der Waals surface area contributed by atoms with Crippen LogP contribution in [0.25, 0.3) is 0 Å². The molecule has 0 aliphatic carbocycles. The Labute approximate surface area is 121 Å². The normalized spacial score (nSPS) is 11.4. The number of nitrogens with zero attached hydrogens (tertiary/aromatic N) is 1. The van der Waals surface area contributed by atoms with Gasteiger partial charge in [0.15, 0.2) is 11.4 Å². The first kappa shape index (κ1) is 14.0. The molecule has 5 heteroatoms. The third-order valence-electron chi connectivity index (χ3n) is 2.62. The SMILES string of the molecule is CC(C)(C)c1ccc(Oc2nc(Cl)c(C=O)s2)cc1. The highest BCUT2D eigenvalue weighted by atomic mass is 35.5. The zero-order valence-electron chi connectivity index (χ0n) is 10.9. The van der Waals surface area contributed by atoms with Crippen LogP contribution in [0.5, 0.6) is 10.9 Å². The van der Waals surface area contributed by atoms with Crippen molar-refractivity contribution in [2.75, 3.05) is 0 Å². The van der Waals surface area contributed by atoms with Gasteiger partial charge in [0.1, 0.15) is 10.6 Å². The molecular formula is C14H14ClNO2S. The van der Waals surface area contributed by atoms with E-state index >= 15 is 0 Å². The molecule has 1 aromatic heterocycles. The maximum absolute atomic E-state index is 10.7. The molecule has 0 amide bonds. The standard InChI is InChI=1S/C14H14ClNO2S/c1-14(2,3)9-4-6-10(7-5-9)18-13-16-12(15)11(8-17)19-13/h4-8H,1-3H3. The number of benzene rings is 1. The minimum atomic E-state index is 0.105. The second-order valence-corrected chi connectivity index (χ2v) is 6.48. The summed E-state index contributed by atoms with van der Waals surface area (Å²) in [7, 11) is 0. The molecule has 2 rings (SSSR count). The summed E-state index contributed by atoms with van der Waals surface area (Å²) in [4.78, 5) is 15.0. The lowest BCUT2D eigenvalue weighted by Gasteiger charge is -2.18. The number of hydrogen-bond acceptors (Lipinski definition) is 4. The van der Waals surface area contributed by atoms with Crippen LogP contribution in [0.3, 0.4) is 0 Å². The summed E-state index contributed by atoms with van der Waals surface area (Å²) in [5.74, 6) is 0.677. The van der Waals surface area contributed by atoms with Gasteiger partial charge in [-0.2, -0.15) is 4.98 Å². The maximum Gasteiger partial charge on any atom is 0.280 e. The molecule has 0 saturated heterocycles. The van der Waals surface area contributed by atoms with Crippen molar-refractivity contribution in [1.29, 1.82) is 0 Å². The van der Waals surface area contributed by atoms with Gasteiger partial charge in [-0.1, -0.05) is 55.8 Å². The number of halogens is 1. The molecule has 0 fully saturated rings. The molecule has 1 aromatic carbocycles. The lowest BCUT2D eigenvalue weighted by molar-refractivity contribution is 0.112. The van der Waals surface area contributed by atoms with Gasteiger partial charge in [0.05, 0.1) is 0 Å². The van der Waals surface area contributed by atoms with Gasteiger partial charge in [-0.15, -0.1) is 0 Å². The van der Waals surface area contributed by atoms with Crippen molar-refractivity contribution in [2.24, 2.45) is 0 Å². The van der Waals surface area contributed by atoms with Crippen LogP contribution in [0, 0.1) is 0 Å². The van der Waals surface area contributed by atoms with Crippen LogP contribution < -0.4 is 4.74 Å². The van der Waals surface area contributed by atoms with E-state index in [2.05, 4.69) is 25.8 Å². The van der Waals surface area contributed by atoms with E-state index < -0.39 is 0 Å². The third kappa shape index (κ3) is 3.33. The maximum atomic E-state index is 10.7. The van der Waals surface area contributed by atoms with Crippen molar-refractivity contribution in [3.8, 4) is 10.9 Å². The molecule has 100 valence electrons. The van der Waals surface area contributed by atoms with Crippen molar-refractivity contribution in [3.05, 3.63) is 39.9 Å². The number of ether oxygens (including phenoxy) is 1. The molecule has 0 aliphatic heterocycles. The van der Waals surface area contributed by atoms with E-state index in [9.17, 15) is 4.79 Å². The fourth-order valence-corrected chi connectivity index (χ4v) is 2.46. The Morgan fingerprint density at radius 3 is 2.37 bits per heavy atom. The molecule has 3 nitrogen and oxygen atoms in total. The average Bonchev–Trinajstić information content (AvgIpc) is 2.69. The van der Waals surface area contributed by atoms with Crippen LogP contribution in [-0.4, -0.2) is 11.3 Å². The third-order valence-corrected chi connectivity index (χ3v) is 3.88. The molecule has 0 unspecified atom stereocenters. The molecular weight excluding hydrogens is 282 g/mol. The number of carbonyl (C=O) groups is 1. The van der Waals surface area contributed by atoms with Gasteiger partial charge in [0.25, 0.3) is 5.19 Å². The zero-order valence-corrected chi connectivity index (χ0v) is 12.5. The minimum absolute atomic E-state index is 0.105. The van der Waals surface area contributed by atoms with Crippen LogP contribution in [0.1, 0.15) is 36.0 Å².